The third-order valence-corrected chi connectivity index (χ3v) is 4.37. The van der Waals surface area contributed by atoms with Gasteiger partial charge in [0, 0.05) is 18.0 Å². The third-order valence-electron chi connectivity index (χ3n) is 4.37. The summed E-state index contributed by atoms with van der Waals surface area (Å²) in [6.45, 7) is 3.50. The molecule has 1 aromatic heterocycles. The Hall–Kier alpha value is -3.13. The maximum absolute atomic E-state index is 13.6. The number of halogens is 1. The Morgan fingerprint density at radius 1 is 1.25 bits per heavy atom. The van der Waals surface area contributed by atoms with Crippen molar-refractivity contribution in [3.8, 4) is 17.2 Å². The first kappa shape index (κ1) is 15.8. The number of hydrogen-bond donors (Lipinski definition) is 1. The second-order valence-electron chi connectivity index (χ2n) is 5.89. The van der Waals surface area contributed by atoms with Gasteiger partial charge in [0.05, 0.1) is 17.1 Å². The minimum absolute atomic E-state index is 0.285. The summed E-state index contributed by atoms with van der Waals surface area (Å²) >= 11 is 0. The van der Waals surface area contributed by atoms with Crippen molar-refractivity contribution in [1.29, 1.82) is 5.26 Å². The van der Waals surface area contributed by atoms with E-state index in [1.807, 2.05) is 6.92 Å². The molecule has 0 spiro atoms. The molecule has 0 atom stereocenters. The molecule has 0 aliphatic carbocycles. The molecule has 1 amide bonds. The van der Waals surface area contributed by atoms with E-state index in [0.29, 0.717) is 16.8 Å². The van der Waals surface area contributed by atoms with Gasteiger partial charge in [0.15, 0.2) is 0 Å². The van der Waals surface area contributed by atoms with Crippen LogP contribution in [0.2, 0.25) is 0 Å². The molecule has 0 fully saturated rings. The summed E-state index contributed by atoms with van der Waals surface area (Å²) in [6, 6.07) is 10.4. The molecular weight excluding hydrogens is 305 g/mol. The number of benzene rings is 2. The largest absolute Gasteiger partial charge is 0.364 e. The molecule has 24 heavy (non-hydrogen) atoms. The Kier molecular flexibility index (Phi) is 3.61. The second-order valence-corrected chi connectivity index (χ2v) is 5.89. The number of fused-ring (bicyclic) bond motifs is 1. The maximum Gasteiger partial charge on any atom is 0.265 e. The zero-order valence-electron chi connectivity index (χ0n) is 13.6. The summed E-state index contributed by atoms with van der Waals surface area (Å²) in [7, 11) is 1.77. The van der Waals surface area contributed by atoms with E-state index >= 15 is 0 Å². The van der Waals surface area contributed by atoms with Crippen molar-refractivity contribution < 1.29 is 9.18 Å². The molecule has 0 saturated heterocycles. The van der Waals surface area contributed by atoms with Gasteiger partial charge in [-0.2, -0.15) is 5.26 Å². The zero-order valence-corrected chi connectivity index (χ0v) is 13.6. The van der Waals surface area contributed by atoms with Crippen molar-refractivity contribution in [1.82, 2.24) is 4.57 Å². The fourth-order valence-electron chi connectivity index (χ4n) is 3.22. The van der Waals surface area contributed by atoms with Gasteiger partial charge >= 0.3 is 0 Å². The van der Waals surface area contributed by atoms with Crippen molar-refractivity contribution in [2.24, 2.45) is 12.8 Å². The standard InChI is InChI=1S/C19H16FN3O/c1-10-6-13(4-5-16(10)20)15-8-12(9-21)7-14-11(2)17(19(22)24)23(3)18(14)15/h4-8H,1-3H3,(H2,22,24). The lowest BCUT2D eigenvalue weighted by Crippen LogP contribution is -2.16. The van der Waals surface area contributed by atoms with Gasteiger partial charge in [-0.15, -0.1) is 0 Å². The highest BCUT2D eigenvalue weighted by atomic mass is 19.1. The predicted octanol–water partition coefficient (Wildman–Crippen LogP) is 3.57. The highest BCUT2D eigenvalue weighted by Gasteiger charge is 2.20. The highest BCUT2D eigenvalue weighted by molar-refractivity contribution is 6.05. The molecule has 2 aromatic carbocycles. The molecule has 1 heterocycles. The zero-order chi connectivity index (χ0) is 17.6. The number of nitriles is 1. The number of primary amides is 1. The molecule has 0 bridgehead atoms. The van der Waals surface area contributed by atoms with Gasteiger partial charge in [-0.3, -0.25) is 4.79 Å². The highest BCUT2D eigenvalue weighted by Crippen LogP contribution is 2.35. The number of nitrogens with two attached hydrogens (primary N) is 1. The van der Waals surface area contributed by atoms with E-state index in [-0.39, 0.29) is 5.82 Å². The predicted molar refractivity (Wildman–Crippen MR) is 91.0 cm³/mol. The van der Waals surface area contributed by atoms with E-state index in [1.165, 1.54) is 6.07 Å². The first-order valence-electron chi connectivity index (χ1n) is 7.44. The number of carbonyl (C=O) groups excluding carboxylic acids is 1. The maximum atomic E-state index is 13.6. The molecule has 0 saturated carbocycles. The summed E-state index contributed by atoms with van der Waals surface area (Å²) in [5, 5.41) is 10.1. The molecule has 3 aromatic rings. The van der Waals surface area contributed by atoms with Crippen LogP contribution in [0.25, 0.3) is 22.0 Å². The Balaban J connectivity index is 2.47. The second kappa shape index (κ2) is 5.50. The summed E-state index contributed by atoms with van der Waals surface area (Å²) in [6.07, 6.45) is 0. The minimum atomic E-state index is -0.522. The molecule has 120 valence electrons. The smallest absolute Gasteiger partial charge is 0.265 e. The summed E-state index contributed by atoms with van der Waals surface area (Å²) in [5.41, 5.74) is 9.99. The van der Waals surface area contributed by atoms with Crippen LogP contribution in [-0.2, 0) is 7.05 Å². The van der Waals surface area contributed by atoms with Crippen LogP contribution >= 0.6 is 0 Å². The Morgan fingerprint density at radius 3 is 2.54 bits per heavy atom. The number of hydrogen-bond acceptors (Lipinski definition) is 2. The van der Waals surface area contributed by atoms with E-state index in [4.69, 9.17) is 5.73 Å². The summed E-state index contributed by atoms with van der Waals surface area (Å²) < 4.78 is 15.3. The minimum Gasteiger partial charge on any atom is -0.364 e. The molecule has 0 radical (unpaired) electrons. The van der Waals surface area contributed by atoms with E-state index in [9.17, 15) is 14.4 Å². The van der Waals surface area contributed by atoms with Crippen LogP contribution < -0.4 is 5.73 Å². The van der Waals surface area contributed by atoms with Crippen LogP contribution in [-0.4, -0.2) is 10.5 Å². The van der Waals surface area contributed by atoms with Gasteiger partial charge in [-0.05, 0) is 54.8 Å². The number of rotatable bonds is 2. The molecule has 0 unspecified atom stereocenters. The fourth-order valence-corrected chi connectivity index (χ4v) is 3.22. The molecule has 0 aliphatic heterocycles. The Labute approximate surface area is 138 Å². The van der Waals surface area contributed by atoms with Gasteiger partial charge in [0.2, 0.25) is 0 Å². The van der Waals surface area contributed by atoms with Gasteiger partial charge in [-0.25, -0.2) is 4.39 Å². The average Bonchev–Trinajstić information content (AvgIpc) is 2.80. The topological polar surface area (TPSA) is 71.8 Å². The first-order chi connectivity index (χ1) is 11.3. The molecule has 0 aliphatic rings. The van der Waals surface area contributed by atoms with Crippen LogP contribution in [0, 0.1) is 31.0 Å². The lowest BCUT2D eigenvalue weighted by molar-refractivity contribution is 0.0992. The number of nitrogens with zero attached hydrogens (tertiary/aromatic N) is 2. The summed E-state index contributed by atoms with van der Waals surface area (Å²) in [5.74, 6) is -0.807. The van der Waals surface area contributed by atoms with Crippen molar-refractivity contribution >= 4 is 16.8 Å². The molecule has 5 heteroatoms. The van der Waals surface area contributed by atoms with Crippen LogP contribution in [0.4, 0.5) is 4.39 Å². The van der Waals surface area contributed by atoms with Crippen molar-refractivity contribution in [2.75, 3.05) is 0 Å². The van der Waals surface area contributed by atoms with E-state index in [0.717, 1.165) is 27.6 Å². The van der Waals surface area contributed by atoms with E-state index in [1.54, 1.807) is 42.8 Å². The lowest BCUT2D eigenvalue weighted by Gasteiger charge is -2.09. The Morgan fingerprint density at radius 2 is 1.96 bits per heavy atom. The monoisotopic (exact) mass is 321 g/mol. The van der Waals surface area contributed by atoms with Gasteiger partial charge in [0.25, 0.3) is 5.91 Å². The number of amides is 1. The molecular formula is C19H16FN3O. The quantitative estimate of drug-likeness (QED) is 0.783. The lowest BCUT2D eigenvalue weighted by atomic mass is 9.97. The molecule has 3 rings (SSSR count). The van der Waals surface area contributed by atoms with E-state index in [2.05, 4.69) is 6.07 Å². The number of carbonyl (C=O) groups is 1. The average molecular weight is 321 g/mol. The van der Waals surface area contributed by atoms with Crippen molar-refractivity contribution in [2.45, 2.75) is 13.8 Å². The van der Waals surface area contributed by atoms with Crippen LogP contribution in [0.3, 0.4) is 0 Å². The fraction of sp³-hybridized carbons (Fsp3) is 0.158. The Bertz CT molecular complexity index is 1040. The van der Waals surface area contributed by atoms with Gasteiger partial charge in [-0.1, -0.05) is 6.07 Å². The van der Waals surface area contributed by atoms with Crippen LogP contribution in [0.1, 0.15) is 27.2 Å². The third kappa shape index (κ3) is 2.24. The van der Waals surface area contributed by atoms with Crippen molar-refractivity contribution in [3.63, 3.8) is 0 Å². The van der Waals surface area contributed by atoms with Crippen molar-refractivity contribution in [3.05, 3.63) is 58.5 Å². The van der Waals surface area contributed by atoms with Gasteiger partial charge < -0.3 is 10.3 Å². The first-order valence-corrected chi connectivity index (χ1v) is 7.44. The SMILES string of the molecule is Cc1cc(-c2cc(C#N)cc3c(C)c(C(N)=O)n(C)c23)ccc1F. The molecule has 4 nitrogen and oxygen atoms in total. The normalized spacial score (nSPS) is 10.8. The van der Waals surface area contributed by atoms with Crippen LogP contribution in [0.15, 0.2) is 30.3 Å². The number of aromatic nitrogens is 1. The summed E-state index contributed by atoms with van der Waals surface area (Å²) in [4.78, 5) is 11.8. The molecule has 2 N–H and O–H groups in total. The van der Waals surface area contributed by atoms with Crippen LogP contribution in [0.5, 0.6) is 0 Å². The number of aryl methyl sites for hydroxylation is 3. The van der Waals surface area contributed by atoms with E-state index < -0.39 is 5.91 Å². The van der Waals surface area contributed by atoms with Gasteiger partial charge in [0.1, 0.15) is 11.5 Å².